The second kappa shape index (κ2) is 33.1. The summed E-state index contributed by atoms with van der Waals surface area (Å²) < 4.78 is 26.6. The van der Waals surface area contributed by atoms with Crippen LogP contribution in [0.3, 0.4) is 0 Å². The van der Waals surface area contributed by atoms with Crippen LogP contribution in [-0.4, -0.2) is 36.1 Å². The molecule has 10 heteroatoms. The van der Waals surface area contributed by atoms with E-state index in [-0.39, 0.29) is 60.8 Å². The smallest absolute Gasteiger partial charge is 0.756 e. The van der Waals surface area contributed by atoms with Gasteiger partial charge in [0, 0.05) is 12.8 Å². The topological polar surface area (TPSA) is 122 Å². The van der Waals surface area contributed by atoms with Crippen LogP contribution in [0.25, 0.3) is 0 Å². The van der Waals surface area contributed by atoms with Crippen molar-refractivity contribution < 1.29 is 67.5 Å². The molecule has 0 saturated heterocycles. The molecule has 0 rings (SSSR count). The summed E-state index contributed by atoms with van der Waals surface area (Å²) in [6.07, 6.45) is 21.0. The Morgan fingerprint density at radius 2 is 0.811 bits per heavy atom. The predicted molar refractivity (Wildman–Crippen MR) is 214 cm³/mol. The zero-order valence-electron chi connectivity index (χ0n) is 36.5. The molecule has 0 aromatic heterocycles. The summed E-state index contributed by atoms with van der Waals surface area (Å²) in [5.41, 5.74) is 0. The van der Waals surface area contributed by atoms with E-state index in [0.717, 1.165) is 62.2 Å². The fourth-order valence-electron chi connectivity index (χ4n) is 7.13. The van der Waals surface area contributed by atoms with Crippen molar-refractivity contribution in [2.24, 2.45) is 47.3 Å². The maximum Gasteiger partial charge on any atom is 1.00 e. The summed E-state index contributed by atoms with van der Waals surface area (Å²) in [4.78, 5) is 45.7. The van der Waals surface area contributed by atoms with Gasteiger partial charge in [0.05, 0.1) is 6.61 Å². The van der Waals surface area contributed by atoms with Crippen LogP contribution in [0.15, 0.2) is 0 Å². The largest absolute Gasteiger partial charge is 1.00 e. The maximum atomic E-state index is 12.7. The number of carbonyl (C=O) groups is 2. The second-order valence-corrected chi connectivity index (χ2v) is 19.2. The van der Waals surface area contributed by atoms with Gasteiger partial charge in [-0.25, -0.2) is 0 Å². The zero-order valence-corrected chi connectivity index (χ0v) is 39.4. The molecule has 0 radical (unpaired) electrons. The van der Waals surface area contributed by atoms with Gasteiger partial charge in [-0.2, -0.15) is 0 Å². The molecule has 0 aromatic carbocycles. The van der Waals surface area contributed by atoms with Gasteiger partial charge < -0.3 is 23.8 Å². The Balaban J connectivity index is 0. The van der Waals surface area contributed by atoms with Crippen LogP contribution in [0.2, 0.25) is 0 Å². The summed E-state index contributed by atoms with van der Waals surface area (Å²) >= 11 is 0. The first kappa shape index (κ1) is 55.1. The molecule has 0 bridgehead atoms. The van der Waals surface area contributed by atoms with Crippen molar-refractivity contribution in [3.05, 3.63) is 0 Å². The van der Waals surface area contributed by atoms with Crippen molar-refractivity contribution in [2.75, 3.05) is 13.2 Å². The number of rotatable bonds is 34. The van der Waals surface area contributed by atoms with Crippen molar-refractivity contribution in [1.82, 2.24) is 0 Å². The Morgan fingerprint density at radius 1 is 0.509 bits per heavy atom. The summed E-state index contributed by atoms with van der Waals surface area (Å²) in [5.74, 6) is 3.79. The van der Waals surface area contributed by atoms with Crippen LogP contribution in [0.4, 0.5) is 0 Å². The van der Waals surface area contributed by atoms with Crippen LogP contribution >= 0.6 is 7.82 Å². The number of phosphoric ester groups is 1. The van der Waals surface area contributed by atoms with E-state index in [1.165, 1.54) is 77.0 Å². The molecule has 310 valence electrons. The van der Waals surface area contributed by atoms with E-state index in [2.05, 4.69) is 59.9 Å². The van der Waals surface area contributed by atoms with Crippen LogP contribution in [0.1, 0.15) is 198 Å². The molecule has 0 aliphatic heterocycles. The Labute approximate surface area is 349 Å². The average molecular weight is 783 g/mol. The third-order valence-electron chi connectivity index (χ3n) is 10.7. The van der Waals surface area contributed by atoms with E-state index in [4.69, 9.17) is 14.4 Å². The number of carbonyl (C=O) groups excluding carboxylic acids is 2. The van der Waals surface area contributed by atoms with E-state index in [0.29, 0.717) is 11.8 Å². The van der Waals surface area contributed by atoms with E-state index in [9.17, 15) is 19.0 Å². The monoisotopic (exact) mass is 783 g/mol. The van der Waals surface area contributed by atoms with Gasteiger partial charge in [0.2, 0.25) is 0 Å². The average Bonchev–Trinajstić information content (AvgIpc) is 3.01. The first-order chi connectivity index (χ1) is 24.4. The molecule has 1 N–H and O–H groups in total. The Bertz CT molecular complexity index is 941. The minimum Gasteiger partial charge on any atom is -0.756 e. The summed E-state index contributed by atoms with van der Waals surface area (Å²) in [5, 5.41) is 0. The summed E-state index contributed by atoms with van der Waals surface area (Å²) in [7, 11) is -5.03. The van der Waals surface area contributed by atoms with E-state index < -0.39 is 32.5 Å². The van der Waals surface area contributed by atoms with Crippen molar-refractivity contribution in [1.29, 1.82) is 0 Å². The Hall–Kier alpha value is 0.0500. The van der Waals surface area contributed by atoms with Crippen molar-refractivity contribution in [3.8, 4) is 0 Å². The number of esters is 2. The molecular formula is C43H84NaO8P. The van der Waals surface area contributed by atoms with Crippen LogP contribution < -0.4 is 34.5 Å². The molecule has 0 amide bonds. The van der Waals surface area contributed by atoms with Gasteiger partial charge in [0.1, 0.15) is 6.61 Å². The third-order valence-corrected chi connectivity index (χ3v) is 11.2. The molecule has 0 fully saturated rings. The molecule has 8 nitrogen and oxygen atoms in total. The maximum absolute atomic E-state index is 12.7. The van der Waals surface area contributed by atoms with Gasteiger partial charge in [-0.1, -0.05) is 185 Å². The van der Waals surface area contributed by atoms with Gasteiger partial charge in [0.25, 0.3) is 7.82 Å². The van der Waals surface area contributed by atoms with Crippen molar-refractivity contribution in [3.63, 3.8) is 0 Å². The van der Waals surface area contributed by atoms with Gasteiger partial charge in [0.15, 0.2) is 6.10 Å². The number of ether oxygens (including phenoxy) is 2. The zero-order chi connectivity index (χ0) is 39.5. The van der Waals surface area contributed by atoms with Gasteiger partial charge in [-0.15, -0.1) is 0 Å². The quantitative estimate of drug-likeness (QED) is 0.0391. The van der Waals surface area contributed by atoms with Crippen molar-refractivity contribution in [2.45, 2.75) is 204 Å². The minimum absolute atomic E-state index is 0. The van der Waals surface area contributed by atoms with Gasteiger partial charge in [-0.3, -0.25) is 14.2 Å². The Kier molecular flexibility index (Phi) is 34.4. The van der Waals surface area contributed by atoms with Gasteiger partial charge in [-0.05, 0) is 47.3 Å². The molecule has 0 aliphatic rings. The second-order valence-electron chi connectivity index (χ2n) is 18.0. The van der Waals surface area contributed by atoms with Crippen LogP contribution in [0, 0.1) is 47.3 Å². The van der Waals surface area contributed by atoms with Crippen LogP contribution in [0.5, 0.6) is 0 Å². The number of hydrogen-bond acceptors (Lipinski definition) is 7. The first-order valence-electron chi connectivity index (χ1n) is 21.4. The summed E-state index contributed by atoms with van der Waals surface area (Å²) in [6.45, 7) is 21.6. The molecule has 0 aliphatic carbocycles. The van der Waals surface area contributed by atoms with E-state index >= 15 is 0 Å². The third kappa shape index (κ3) is 37.4. The normalized spacial score (nSPS) is 16.9. The fourth-order valence-corrected chi connectivity index (χ4v) is 7.49. The fraction of sp³-hybridized carbons (Fsp3) is 0.953. The Morgan fingerprint density at radius 3 is 1.13 bits per heavy atom. The summed E-state index contributed by atoms with van der Waals surface area (Å²) in [6, 6.07) is 0. The molecule has 53 heavy (non-hydrogen) atoms. The molecule has 0 saturated carbocycles. The van der Waals surface area contributed by atoms with E-state index in [1.54, 1.807) is 0 Å². The molecule has 0 spiro atoms. The molecule has 8 unspecified atom stereocenters. The number of phosphoric acid groups is 1. The van der Waals surface area contributed by atoms with Gasteiger partial charge >= 0.3 is 41.5 Å². The minimum atomic E-state index is -5.03. The first-order valence-corrected chi connectivity index (χ1v) is 22.9. The SMILES string of the molecule is CC(C)CCCC(C)CCCC(C)CCCC(C)CC(=O)OCC(COP(=O)([O-])O)OC(=O)CC(C)CCCC(C)CCCC(C)CCCC(C)C.[Na+]. The molecule has 8 atom stereocenters. The standard InChI is InChI=1S/C43H85O8P.Na/c1-33(2)17-11-19-35(5)21-13-23-37(7)25-15-27-39(9)29-42(44)49-31-41(32-50-52(46,47)48)51-43(45)30-40(10)28-16-26-38(8)24-14-22-36(6)20-12-18-34(3)4;/h33-41H,11-32H2,1-10H3,(H2,46,47,48);/q;+1/p-1. The van der Waals surface area contributed by atoms with Crippen LogP contribution in [-0.2, 0) is 28.2 Å². The predicted octanol–water partition coefficient (Wildman–Crippen LogP) is 8.85. The van der Waals surface area contributed by atoms with E-state index in [1.807, 2.05) is 13.8 Å². The van der Waals surface area contributed by atoms with Crippen molar-refractivity contribution >= 4 is 19.8 Å². The molecule has 0 aromatic rings. The molecular weight excluding hydrogens is 698 g/mol. The molecule has 0 heterocycles. The number of hydrogen-bond donors (Lipinski definition) is 1.